The fraction of sp³-hybridized carbons (Fsp3) is 0.311. The number of benzene rings is 5. The van der Waals surface area contributed by atoms with Gasteiger partial charge in [0, 0.05) is 56.9 Å². The van der Waals surface area contributed by atoms with Gasteiger partial charge in [-0.15, -0.1) is 0 Å². The molecule has 5 aromatic rings. The number of nitrogens with zero attached hydrogens (tertiary/aromatic N) is 2. The van der Waals surface area contributed by atoms with Gasteiger partial charge in [0.15, 0.2) is 6.29 Å². The Labute approximate surface area is 330 Å². The fourth-order valence-corrected chi connectivity index (χ4v) is 8.49. The van der Waals surface area contributed by atoms with Gasteiger partial charge in [0.1, 0.15) is 6.04 Å². The van der Waals surface area contributed by atoms with Crippen molar-refractivity contribution in [1.29, 1.82) is 0 Å². The first-order valence-electron chi connectivity index (χ1n) is 19.2. The summed E-state index contributed by atoms with van der Waals surface area (Å²) in [5.41, 5.74) is 6.13. The molecular formula is C45H50N4O6S. The third-order valence-electron chi connectivity index (χ3n) is 10.4. The molecule has 2 fully saturated rings. The van der Waals surface area contributed by atoms with E-state index >= 15 is 0 Å². The maximum Gasteiger partial charge on any atom is 0.242 e. The minimum absolute atomic E-state index is 0.0332. The molecule has 0 radical (unpaired) electrons. The summed E-state index contributed by atoms with van der Waals surface area (Å²) >= 11 is 0. The van der Waals surface area contributed by atoms with Crippen LogP contribution in [-0.2, 0) is 43.9 Å². The van der Waals surface area contributed by atoms with Gasteiger partial charge in [0.05, 0.1) is 23.7 Å². The Bertz CT molecular complexity index is 2130. The Balaban J connectivity index is 1.06. The Kier molecular flexibility index (Phi) is 13.0. The molecule has 2 heterocycles. The average molecular weight is 775 g/mol. The Hall–Kier alpha value is -4.72. The van der Waals surface area contributed by atoms with Gasteiger partial charge in [-0.3, -0.25) is 14.6 Å². The highest BCUT2D eigenvalue weighted by atomic mass is 32.2. The first-order chi connectivity index (χ1) is 27.2. The van der Waals surface area contributed by atoms with Gasteiger partial charge in [-0.05, 0) is 59.9 Å². The monoisotopic (exact) mass is 774 g/mol. The van der Waals surface area contributed by atoms with Gasteiger partial charge >= 0.3 is 0 Å². The number of hydrogen-bond acceptors (Lipinski definition) is 8. The van der Waals surface area contributed by atoms with E-state index in [1.807, 2.05) is 85.8 Å². The molecule has 2 aliphatic rings. The van der Waals surface area contributed by atoms with Crippen molar-refractivity contribution in [3.8, 4) is 0 Å². The van der Waals surface area contributed by atoms with Gasteiger partial charge in [-0.2, -0.15) is 4.72 Å². The quantitative estimate of drug-likeness (QED) is 0.119. The summed E-state index contributed by atoms with van der Waals surface area (Å²) in [6.45, 7) is 7.37. The van der Waals surface area contributed by atoms with E-state index in [9.17, 15) is 18.3 Å². The number of amides is 1. The van der Waals surface area contributed by atoms with Crippen LogP contribution in [0.15, 0.2) is 138 Å². The second kappa shape index (κ2) is 18.5. The molecule has 0 bridgehead atoms. The molecule has 0 spiro atoms. The maximum atomic E-state index is 13.9. The van der Waals surface area contributed by atoms with Crippen LogP contribution in [0.25, 0.3) is 0 Å². The van der Waals surface area contributed by atoms with Gasteiger partial charge in [0.25, 0.3) is 0 Å². The summed E-state index contributed by atoms with van der Waals surface area (Å²) in [4.78, 5) is 19.0. The number of anilines is 1. The van der Waals surface area contributed by atoms with Crippen LogP contribution < -0.4 is 10.0 Å². The minimum Gasteiger partial charge on any atom is -0.392 e. The van der Waals surface area contributed by atoms with Crippen LogP contribution in [0, 0.1) is 6.92 Å². The predicted molar refractivity (Wildman–Crippen MR) is 217 cm³/mol. The van der Waals surface area contributed by atoms with Crippen LogP contribution >= 0.6 is 0 Å². The lowest BCUT2D eigenvalue weighted by molar-refractivity contribution is -0.253. The largest absolute Gasteiger partial charge is 0.392 e. The van der Waals surface area contributed by atoms with E-state index in [0.717, 1.165) is 67.1 Å². The fourth-order valence-electron chi connectivity index (χ4n) is 7.30. The average Bonchev–Trinajstić information content (AvgIpc) is 3.22. The van der Waals surface area contributed by atoms with Gasteiger partial charge in [-0.1, -0.05) is 115 Å². The van der Waals surface area contributed by atoms with Crippen LogP contribution in [-0.4, -0.2) is 74.1 Å². The summed E-state index contributed by atoms with van der Waals surface area (Å²) in [7, 11) is -4.00. The summed E-state index contributed by atoms with van der Waals surface area (Å²) < 4.78 is 42.9. The molecule has 3 N–H and O–H groups in total. The molecule has 11 heteroatoms. The molecule has 292 valence electrons. The predicted octanol–water partition coefficient (Wildman–Crippen LogP) is 6.38. The molecule has 0 aromatic heterocycles. The number of piperazine rings is 1. The Morgan fingerprint density at radius 2 is 1.41 bits per heavy atom. The molecule has 5 aromatic carbocycles. The van der Waals surface area contributed by atoms with E-state index in [2.05, 4.69) is 44.1 Å². The number of hydrogen-bond donors (Lipinski definition) is 3. The smallest absolute Gasteiger partial charge is 0.242 e. The first-order valence-corrected chi connectivity index (χ1v) is 20.7. The van der Waals surface area contributed by atoms with Crippen LogP contribution in [0.4, 0.5) is 5.69 Å². The third kappa shape index (κ3) is 10.6. The van der Waals surface area contributed by atoms with Crippen molar-refractivity contribution in [2.24, 2.45) is 0 Å². The number of carbonyl (C=O) groups is 1. The van der Waals surface area contributed by atoms with Crippen molar-refractivity contribution in [2.75, 3.05) is 38.0 Å². The zero-order valence-corrected chi connectivity index (χ0v) is 32.5. The second-order valence-corrected chi connectivity index (χ2v) is 16.4. The number of ether oxygens (including phenoxy) is 2. The third-order valence-corrected chi connectivity index (χ3v) is 11.9. The number of aryl methyl sites for hydroxylation is 1. The molecule has 7 rings (SSSR count). The number of sulfonamides is 1. The van der Waals surface area contributed by atoms with Gasteiger partial charge in [0.2, 0.25) is 15.9 Å². The minimum atomic E-state index is -4.00. The molecule has 1 amide bonds. The number of nitrogens with one attached hydrogen (secondary N) is 2. The Morgan fingerprint density at radius 1 is 0.750 bits per heavy atom. The van der Waals surface area contributed by atoms with E-state index in [0.29, 0.717) is 12.1 Å². The number of rotatable bonds is 14. The van der Waals surface area contributed by atoms with Crippen molar-refractivity contribution in [2.45, 2.75) is 62.4 Å². The molecular weight excluding hydrogens is 725 g/mol. The molecule has 2 saturated heterocycles. The van der Waals surface area contributed by atoms with E-state index in [1.165, 1.54) is 17.7 Å². The lowest BCUT2D eigenvalue weighted by Gasteiger charge is -2.41. The zero-order chi connectivity index (χ0) is 38.9. The molecule has 0 unspecified atom stereocenters. The van der Waals surface area contributed by atoms with Crippen molar-refractivity contribution >= 4 is 21.6 Å². The lowest BCUT2D eigenvalue weighted by atomic mass is 9.99. The second-order valence-electron chi connectivity index (χ2n) is 14.7. The maximum absolute atomic E-state index is 13.9. The molecule has 4 atom stereocenters. The molecule has 56 heavy (non-hydrogen) atoms. The molecule has 2 aliphatic heterocycles. The lowest BCUT2D eigenvalue weighted by Crippen LogP contribution is -2.49. The van der Waals surface area contributed by atoms with Crippen molar-refractivity contribution in [1.82, 2.24) is 14.5 Å². The van der Waals surface area contributed by atoms with Crippen molar-refractivity contribution in [3.05, 3.63) is 167 Å². The Morgan fingerprint density at radius 3 is 2.09 bits per heavy atom. The van der Waals surface area contributed by atoms with Crippen LogP contribution in [0.2, 0.25) is 0 Å². The zero-order valence-electron chi connectivity index (χ0n) is 31.7. The number of aliphatic hydroxyl groups excluding tert-OH is 1. The molecule has 0 saturated carbocycles. The number of carbonyl (C=O) groups excluding carboxylic acids is 1. The summed E-state index contributed by atoms with van der Waals surface area (Å²) in [5.74, 6) is -0.488. The van der Waals surface area contributed by atoms with Crippen LogP contribution in [0.3, 0.4) is 0 Å². The van der Waals surface area contributed by atoms with Crippen LogP contribution in [0.1, 0.15) is 52.2 Å². The highest BCUT2D eigenvalue weighted by Crippen LogP contribution is 2.39. The van der Waals surface area contributed by atoms with Crippen molar-refractivity contribution in [3.63, 3.8) is 0 Å². The normalized spacial score (nSPS) is 20.0. The van der Waals surface area contributed by atoms with E-state index < -0.39 is 28.3 Å². The van der Waals surface area contributed by atoms with E-state index in [4.69, 9.17) is 9.47 Å². The van der Waals surface area contributed by atoms with Gasteiger partial charge < -0.3 is 19.9 Å². The van der Waals surface area contributed by atoms with E-state index in [-0.39, 0.29) is 30.1 Å². The number of aliphatic hydroxyl groups is 1. The molecule has 10 nitrogen and oxygen atoms in total. The standard InChI is InChI=1S/C45H50N4O6S/c1-33-15-21-41(22-16-33)56(52,53)47-42(27-34-9-4-2-5-10-34)44(51)46-39-14-8-13-38(28-39)45-54-40(29-43(55-45)37-19-17-36(32-50)18-20-37)31-49-25-23-48(24-26-49)30-35-11-6-3-7-12-35/h2-22,28,40,42-43,45,47,50H,23-27,29-32H2,1H3,(H,46,51)/t40-,42-,43+,45+/m1/s1. The summed E-state index contributed by atoms with van der Waals surface area (Å²) in [6, 6.07) is 40.5. The first kappa shape index (κ1) is 39.5. The summed E-state index contributed by atoms with van der Waals surface area (Å²) in [5, 5.41) is 12.6. The highest BCUT2D eigenvalue weighted by Gasteiger charge is 2.34. The van der Waals surface area contributed by atoms with E-state index in [1.54, 1.807) is 18.2 Å². The highest BCUT2D eigenvalue weighted by molar-refractivity contribution is 7.89. The van der Waals surface area contributed by atoms with Crippen molar-refractivity contribution < 1.29 is 27.8 Å². The SMILES string of the molecule is Cc1ccc(S(=O)(=O)N[C@H](Cc2ccccc2)C(=O)Nc2cccc([C@H]3O[C@@H](CN4CCN(Cc5ccccc5)CC4)C[C@@H](c4ccc(CO)cc4)O3)c2)cc1. The van der Waals surface area contributed by atoms with Crippen LogP contribution in [0.5, 0.6) is 0 Å². The topological polar surface area (TPSA) is 120 Å². The summed E-state index contributed by atoms with van der Waals surface area (Å²) in [6.07, 6.45) is -0.270. The molecule has 0 aliphatic carbocycles. The van der Waals surface area contributed by atoms with Gasteiger partial charge in [-0.25, -0.2) is 8.42 Å².